The Morgan fingerprint density at radius 1 is 0.767 bits per heavy atom. The van der Waals surface area contributed by atoms with E-state index in [9.17, 15) is 30.6 Å². The van der Waals surface area contributed by atoms with Crippen molar-refractivity contribution in [3.05, 3.63) is 71.6 Å². The molecule has 0 aliphatic carbocycles. The maximum atomic E-state index is 12.7. The van der Waals surface area contributed by atoms with Crippen molar-refractivity contribution in [1.82, 2.24) is 38.5 Å². The van der Waals surface area contributed by atoms with Gasteiger partial charge in [0.15, 0.2) is 11.4 Å². The lowest BCUT2D eigenvalue weighted by molar-refractivity contribution is 0.102. The summed E-state index contributed by atoms with van der Waals surface area (Å²) in [5, 5.41) is 3.26. The Bertz CT molecular complexity index is 2370. The van der Waals surface area contributed by atoms with Gasteiger partial charge in [0.2, 0.25) is 42.7 Å². The van der Waals surface area contributed by atoms with Crippen molar-refractivity contribution in [2.24, 2.45) is 5.73 Å². The number of carbonyl (C=O) groups excluding carboxylic acids is 2. The highest BCUT2D eigenvalue weighted by atomic mass is 32.2. The normalized spacial score (nSPS) is 16.0. The fourth-order valence-corrected chi connectivity index (χ4v) is 8.24. The monoisotopic (exact) mass is 890 g/mol. The number of hydrogen-bond donors (Lipinski definition) is 4. The minimum absolute atomic E-state index is 0.0230. The molecule has 60 heavy (non-hydrogen) atoms. The Hall–Kier alpha value is -5.27. The lowest BCUT2D eigenvalue weighted by atomic mass is 10.1. The fourth-order valence-electron chi connectivity index (χ4n) is 5.86. The second-order valence-electron chi connectivity index (χ2n) is 13.4. The van der Waals surface area contributed by atoms with E-state index in [1.807, 2.05) is 0 Å². The van der Waals surface area contributed by atoms with Crippen molar-refractivity contribution >= 4 is 60.0 Å². The van der Waals surface area contributed by atoms with E-state index in [1.54, 1.807) is 31.2 Å². The van der Waals surface area contributed by atoms with Crippen LogP contribution in [0.3, 0.4) is 0 Å². The molecule has 0 aromatic carbocycles. The average Bonchev–Trinajstić information content (AvgIpc) is 3.23. The van der Waals surface area contributed by atoms with Crippen LogP contribution in [0.15, 0.2) is 54.2 Å². The highest BCUT2D eigenvalue weighted by molar-refractivity contribution is 7.88. The van der Waals surface area contributed by atoms with Gasteiger partial charge in [0.1, 0.15) is 23.1 Å². The Kier molecular flexibility index (Phi) is 16.8. The SMILES string of the molecule is CCS(=O)c1ncc(C(=O)c2ncccc2OC)c(N)n1.COc1cccnc1C(=O)c1cnc(NC2CCN(S(C)(=O)=O)CC2)nc1N.CS(=O)(=O)N1CCC(N)CC1. The van der Waals surface area contributed by atoms with Gasteiger partial charge in [-0.3, -0.25) is 13.8 Å². The van der Waals surface area contributed by atoms with Crippen molar-refractivity contribution in [3.8, 4) is 11.5 Å². The number of nitrogens with two attached hydrogens (primary N) is 3. The van der Waals surface area contributed by atoms with Crippen molar-refractivity contribution < 1.29 is 40.1 Å². The van der Waals surface area contributed by atoms with Crippen LogP contribution in [0.1, 0.15) is 64.7 Å². The molecule has 0 radical (unpaired) electrons. The number of nitrogen functional groups attached to an aromatic ring is 2. The van der Waals surface area contributed by atoms with Gasteiger partial charge in [0.25, 0.3) is 0 Å². The predicted molar refractivity (Wildman–Crippen MR) is 225 cm³/mol. The molecule has 1 unspecified atom stereocenters. The number of nitrogens with one attached hydrogen (secondary N) is 1. The maximum Gasteiger partial charge on any atom is 0.224 e. The number of ketones is 2. The molecule has 0 amide bonds. The molecule has 326 valence electrons. The molecule has 2 aliphatic rings. The third-order valence-corrected chi connectivity index (χ3v) is 12.9. The zero-order chi connectivity index (χ0) is 44.2. The number of anilines is 3. The number of pyridine rings is 2. The smallest absolute Gasteiger partial charge is 0.224 e. The van der Waals surface area contributed by atoms with Gasteiger partial charge in [-0.2, -0.15) is 4.98 Å². The first-order valence-electron chi connectivity index (χ1n) is 18.5. The van der Waals surface area contributed by atoms with E-state index in [2.05, 4.69) is 35.2 Å². The third-order valence-electron chi connectivity index (χ3n) is 9.20. The number of nitrogens with zero attached hydrogens (tertiary/aromatic N) is 8. The van der Waals surface area contributed by atoms with E-state index in [0.29, 0.717) is 62.2 Å². The van der Waals surface area contributed by atoms with Crippen LogP contribution in [0.2, 0.25) is 0 Å². The Morgan fingerprint density at radius 3 is 1.63 bits per heavy atom. The van der Waals surface area contributed by atoms with Gasteiger partial charge in [-0.05, 0) is 49.9 Å². The summed E-state index contributed by atoms with van der Waals surface area (Å²) in [5.74, 6) is 0.473. The standard InChI is InChI=1S/C17H22N6O4S.C13H14N4O3S.C6H14N2O2S/c1-27-13-4-3-7-19-14(13)15(24)12-10-20-17(22-16(12)18)21-11-5-8-23(9-6-11)28(2,25)26;1-3-21(19)13-16-7-8(12(14)17-13)11(18)10-9(20-2)5-4-6-15-10;1-11(9,10)8-4-2-6(7)3-5-8/h3-4,7,10-11H,5-6,8-9H2,1-2H3,(H3,18,20,21,22);4-7H,3H2,1-2H3,(H2,14,16,17);6H,2-5,7H2,1H3. The first kappa shape index (κ1) is 47.4. The van der Waals surface area contributed by atoms with Crippen LogP contribution in [0.5, 0.6) is 11.5 Å². The molecule has 21 nitrogen and oxygen atoms in total. The topological polar surface area (TPSA) is 312 Å². The van der Waals surface area contributed by atoms with Crippen LogP contribution in [-0.2, 0) is 30.8 Å². The molecule has 0 bridgehead atoms. The predicted octanol–water partition coefficient (Wildman–Crippen LogP) is 0.719. The van der Waals surface area contributed by atoms with Crippen molar-refractivity contribution in [2.45, 2.75) is 49.8 Å². The van der Waals surface area contributed by atoms with Crippen molar-refractivity contribution in [2.75, 3.05) is 75.4 Å². The van der Waals surface area contributed by atoms with Gasteiger partial charge >= 0.3 is 0 Å². The minimum Gasteiger partial charge on any atom is -0.494 e. The van der Waals surface area contributed by atoms with E-state index < -0.39 is 42.4 Å². The van der Waals surface area contributed by atoms with Crippen LogP contribution in [0.4, 0.5) is 17.6 Å². The molecule has 2 aliphatic heterocycles. The second kappa shape index (κ2) is 21.3. The molecule has 7 N–H and O–H groups in total. The number of carbonyl (C=O) groups is 2. The summed E-state index contributed by atoms with van der Waals surface area (Å²) in [4.78, 5) is 49.4. The van der Waals surface area contributed by atoms with Crippen LogP contribution in [-0.4, -0.2) is 142 Å². The molecule has 6 rings (SSSR count). The van der Waals surface area contributed by atoms with E-state index in [4.69, 9.17) is 26.7 Å². The Morgan fingerprint density at radius 2 is 1.22 bits per heavy atom. The summed E-state index contributed by atoms with van der Waals surface area (Å²) in [6.45, 7) is 3.78. The highest BCUT2D eigenvalue weighted by Gasteiger charge is 2.27. The molecule has 0 spiro atoms. The van der Waals surface area contributed by atoms with Crippen LogP contribution >= 0.6 is 0 Å². The summed E-state index contributed by atoms with van der Waals surface area (Å²) in [6, 6.07) is 6.79. The van der Waals surface area contributed by atoms with E-state index in [1.165, 1.54) is 60.1 Å². The van der Waals surface area contributed by atoms with Gasteiger partial charge < -0.3 is 32.0 Å². The van der Waals surface area contributed by atoms with E-state index >= 15 is 0 Å². The second-order valence-corrected chi connectivity index (χ2v) is 19.0. The quantitative estimate of drug-likeness (QED) is 0.112. The zero-order valence-electron chi connectivity index (χ0n) is 33.8. The number of hydrogen-bond acceptors (Lipinski definition) is 19. The third kappa shape index (κ3) is 12.9. The molecule has 4 aromatic rings. The molecule has 2 saturated heterocycles. The van der Waals surface area contributed by atoms with Crippen LogP contribution < -0.4 is 32.0 Å². The van der Waals surface area contributed by atoms with Gasteiger partial charge in [-0.1, -0.05) is 6.92 Å². The molecule has 6 heterocycles. The minimum atomic E-state index is -3.18. The number of ether oxygens (including phenoxy) is 2. The fraction of sp³-hybridized carbons (Fsp3) is 0.444. The first-order valence-corrected chi connectivity index (χ1v) is 23.5. The molecular formula is C36H50N12O9S3. The summed E-state index contributed by atoms with van der Waals surface area (Å²) < 4.78 is 69.9. The average molecular weight is 891 g/mol. The zero-order valence-corrected chi connectivity index (χ0v) is 36.3. The van der Waals surface area contributed by atoms with Crippen molar-refractivity contribution in [1.29, 1.82) is 0 Å². The lowest BCUT2D eigenvalue weighted by Crippen LogP contribution is -2.42. The number of rotatable bonds is 12. The van der Waals surface area contributed by atoms with Crippen LogP contribution in [0, 0.1) is 0 Å². The molecule has 0 saturated carbocycles. The molecule has 4 aromatic heterocycles. The molecule has 2 fully saturated rings. The number of aromatic nitrogens is 6. The summed E-state index contributed by atoms with van der Waals surface area (Å²) in [5.41, 5.74) is 17.8. The van der Waals surface area contributed by atoms with E-state index in [0.717, 1.165) is 12.8 Å². The molecule has 1 atom stereocenters. The number of sulfonamides is 2. The first-order chi connectivity index (χ1) is 28.4. The van der Waals surface area contributed by atoms with Gasteiger partial charge in [-0.15, -0.1) is 0 Å². The van der Waals surface area contributed by atoms with Crippen LogP contribution in [0.25, 0.3) is 0 Å². The lowest BCUT2D eigenvalue weighted by Gasteiger charge is -2.30. The summed E-state index contributed by atoms with van der Waals surface area (Å²) in [6.07, 6.45) is 10.9. The van der Waals surface area contributed by atoms with Crippen molar-refractivity contribution in [3.63, 3.8) is 0 Å². The number of piperidine rings is 2. The summed E-state index contributed by atoms with van der Waals surface area (Å²) in [7, 11) is -4.57. The Labute approximate surface area is 351 Å². The Balaban J connectivity index is 0.000000217. The van der Waals surface area contributed by atoms with Gasteiger partial charge in [0.05, 0.1) is 48.7 Å². The van der Waals surface area contributed by atoms with Gasteiger partial charge in [0, 0.05) is 68.8 Å². The molecule has 24 heteroatoms. The number of methoxy groups -OCH3 is 2. The van der Waals surface area contributed by atoms with Gasteiger partial charge in [-0.25, -0.2) is 50.4 Å². The molecular weight excluding hydrogens is 841 g/mol. The summed E-state index contributed by atoms with van der Waals surface area (Å²) >= 11 is 0. The maximum absolute atomic E-state index is 12.7. The van der Waals surface area contributed by atoms with E-state index in [-0.39, 0.29) is 51.4 Å². The largest absolute Gasteiger partial charge is 0.494 e. The highest BCUT2D eigenvalue weighted by Crippen LogP contribution is 2.24.